The van der Waals surface area contributed by atoms with Gasteiger partial charge in [0.05, 0.1) is 29.0 Å². The largest absolute Gasteiger partial charge is 0.463 e. The number of pyridine rings is 1. The summed E-state index contributed by atoms with van der Waals surface area (Å²) < 4.78 is 11.0. The third-order valence-corrected chi connectivity index (χ3v) is 5.88. The Morgan fingerprint density at radius 1 is 0.939 bits per heavy atom. The molecule has 0 radical (unpaired) electrons. The van der Waals surface area contributed by atoms with Crippen LogP contribution < -0.4 is 5.32 Å². The van der Waals surface area contributed by atoms with Crippen LogP contribution in [-0.2, 0) is 4.79 Å². The number of anilines is 1. The Morgan fingerprint density at radius 2 is 1.67 bits per heavy atom. The molecule has 1 N–H and O–H groups in total. The van der Waals surface area contributed by atoms with Crippen LogP contribution in [0, 0.1) is 6.92 Å². The lowest BCUT2D eigenvalue weighted by atomic mass is 10.1. The summed E-state index contributed by atoms with van der Waals surface area (Å²) >= 11 is 1.21. The number of amides is 1. The smallest absolute Gasteiger partial charge is 0.237 e. The summed E-state index contributed by atoms with van der Waals surface area (Å²) in [4.78, 5) is 22.1. The summed E-state index contributed by atoms with van der Waals surface area (Å²) in [5.41, 5.74) is 3.34. The number of nitrogens with zero attached hydrogens (tertiary/aromatic N) is 4. The number of carbonyl (C=O) groups excluding carboxylic acids is 1. The van der Waals surface area contributed by atoms with Crippen LogP contribution in [0.2, 0.25) is 0 Å². The first-order valence-corrected chi connectivity index (χ1v) is 11.1. The maximum absolute atomic E-state index is 13.0. The fourth-order valence-electron chi connectivity index (χ4n) is 3.38. The SMILES string of the molecule is Cc1cc(NC(=O)C(C)Sc2nnc(-c3ccco3)c(-c3ccco3)n2)c2ccccc2n1. The van der Waals surface area contributed by atoms with Crippen LogP contribution in [0.3, 0.4) is 0 Å². The maximum Gasteiger partial charge on any atom is 0.237 e. The van der Waals surface area contributed by atoms with Gasteiger partial charge in [0.2, 0.25) is 11.1 Å². The molecule has 1 aromatic carbocycles. The Labute approximate surface area is 193 Å². The third kappa shape index (κ3) is 4.35. The van der Waals surface area contributed by atoms with Crippen LogP contribution in [0.5, 0.6) is 0 Å². The van der Waals surface area contributed by atoms with Crippen molar-refractivity contribution in [3.05, 3.63) is 72.8 Å². The van der Waals surface area contributed by atoms with Crippen molar-refractivity contribution in [2.75, 3.05) is 5.32 Å². The highest BCUT2D eigenvalue weighted by Crippen LogP contribution is 2.31. The zero-order valence-corrected chi connectivity index (χ0v) is 18.7. The van der Waals surface area contributed by atoms with Gasteiger partial charge in [0.25, 0.3) is 0 Å². The second-order valence-corrected chi connectivity index (χ2v) is 8.63. The zero-order valence-electron chi connectivity index (χ0n) is 17.9. The molecule has 164 valence electrons. The van der Waals surface area contributed by atoms with Crippen molar-refractivity contribution in [2.45, 2.75) is 24.3 Å². The minimum Gasteiger partial charge on any atom is -0.463 e. The second kappa shape index (κ2) is 8.87. The number of fused-ring (bicyclic) bond motifs is 1. The molecule has 1 unspecified atom stereocenters. The van der Waals surface area contributed by atoms with E-state index in [0.717, 1.165) is 22.3 Å². The molecule has 33 heavy (non-hydrogen) atoms. The minimum atomic E-state index is -0.474. The molecular formula is C24H19N5O3S. The third-order valence-electron chi connectivity index (χ3n) is 4.93. The van der Waals surface area contributed by atoms with Crippen LogP contribution in [0.15, 0.2) is 81.1 Å². The van der Waals surface area contributed by atoms with E-state index in [1.54, 1.807) is 43.7 Å². The van der Waals surface area contributed by atoms with Gasteiger partial charge in [-0.2, -0.15) is 0 Å². The van der Waals surface area contributed by atoms with E-state index in [0.29, 0.717) is 28.1 Å². The highest BCUT2D eigenvalue weighted by Gasteiger charge is 2.22. The molecule has 1 amide bonds. The van der Waals surface area contributed by atoms with Gasteiger partial charge in [0.1, 0.15) is 5.69 Å². The van der Waals surface area contributed by atoms with E-state index >= 15 is 0 Å². The van der Waals surface area contributed by atoms with E-state index in [2.05, 4.69) is 25.5 Å². The highest BCUT2D eigenvalue weighted by atomic mass is 32.2. The van der Waals surface area contributed by atoms with Crippen molar-refractivity contribution in [2.24, 2.45) is 0 Å². The molecule has 0 aliphatic rings. The quantitative estimate of drug-likeness (QED) is 0.339. The number of para-hydroxylation sites is 1. The zero-order chi connectivity index (χ0) is 22.8. The van der Waals surface area contributed by atoms with Gasteiger partial charge in [0, 0.05) is 11.1 Å². The first kappa shape index (κ1) is 20.9. The summed E-state index contributed by atoms with van der Waals surface area (Å²) in [6, 6.07) is 16.7. The lowest BCUT2D eigenvalue weighted by molar-refractivity contribution is -0.115. The van der Waals surface area contributed by atoms with E-state index in [4.69, 9.17) is 8.83 Å². The number of carbonyl (C=O) groups is 1. The fraction of sp³-hybridized carbons (Fsp3) is 0.125. The number of rotatable bonds is 6. The van der Waals surface area contributed by atoms with Crippen molar-refractivity contribution in [3.8, 4) is 22.9 Å². The molecule has 0 aliphatic heterocycles. The number of hydrogen-bond donors (Lipinski definition) is 1. The molecule has 5 rings (SSSR count). The van der Waals surface area contributed by atoms with Crippen molar-refractivity contribution >= 4 is 34.3 Å². The molecule has 9 heteroatoms. The predicted molar refractivity (Wildman–Crippen MR) is 126 cm³/mol. The summed E-state index contributed by atoms with van der Waals surface area (Å²) in [5, 5.41) is 12.3. The van der Waals surface area contributed by atoms with Crippen LogP contribution in [-0.4, -0.2) is 31.3 Å². The highest BCUT2D eigenvalue weighted by molar-refractivity contribution is 8.00. The van der Waals surface area contributed by atoms with Gasteiger partial charge in [0.15, 0.2) is 17.2 Å². The second-order valence-electron chi connectivity index (χ2n) is 7.32. The Morgan fingerprint density at radius 3 is 2.39 bits per heavy atom. The molecule has 8 nitrogen and oxygen atoms in total. The van der Waals surface area contributed by atoms with Crippen LogP contribution in [0.25, 0.3) is 33.8 Å². The Hall–Kier alpha value is -3.98. The number of nitrogens with one attached hydrogen (secondary N) is 1. The number of aryl methyl sites for hydroxylation is 1. The Balaban J connectivity index is 1.39. The molecule has 0 aliphatic carbocycles. The lowest BCUT2D eigenvalue weighted by Gasteiger charge is -2.14. The Bertz CT molecular complexity index is 1420. The molecule has 1 atom stereocenters. The number of aromatic nitrogens is 4. The summed E-state index contributed by atoms with van der Waals surface area (Å²) in [7, 11) is 0. The fourth-order valence-corrected chi connectivity index (χ4v) is 4.10. The van der Waals surface area contributed by atoms with Gasteiger partial charge in [-0.1, -0.05) is 30.0 Å². The number of thioether (sulfide) groups is 1. The van der Waals surface area contributed by atoms with E-state index in [1.807, 2.05) is 37.3 Å². The van der Waals surface area contributed by atoms with E-state index in [-0.39, 0.29) is 5.91 Å². The van der Waals surface area contributed by atoms with E-state index in [1.165, 1.54) is 11.8 Å². The molecule has 0 fully saturated rings. The summed E-state index contributed by atoms with van der Waals surface area (Å²) in [6.07, 6.45) is 3.12. The van der Waals surface area contributed by atoms with Gasteiger partial charge in [-0.25, -0.2) is 4.98 Å². The van der Waals surface area contributed by atoms with Crippen LogP contribution in [0.1, 0.15) is 12.6 Å². The number of hydrogen-bond acceptors (Lipinski definition) is 8. The monoisotopic (exact) mass is 457 g/mol. The molecule has 0 bridgehead atoms. The first-order valence-electron chi connectivity index (χ1n) is 10.2. The summed E-state index contributed by atoms with van der Waals surface area (Å²) in [6.45, 7) is 3.70. The number of furan rings is 2. The average Bonchev–Trinajstić information content (AvgIpc) is 3.53. The Kier molecular flexibility index (Phi) is 5.62. The normalized spacial score (nSPS) is 12.1. The van der Waals surface area contributed by atoms with Gasteiger partial charge in [-0.3, -0.25) is 9.78 Å². The number of benzene rings is 1. The lowest BCUT2D eigenvalue weighted by Crippen LogP contribution is -2.23. The molecule has 5 aromatic rings. The van der Waals surface area contributed by atoms with Gasteiger partial charge < -0.3 is 14.2 Å². The molecule has 0 spiro atoms. The standard InChI is InChI=1S/C24H19N5O3S/c1-14-13-18(16-7-3-4-8-17(16)25-14)26-23(30)15(2)33-24-27-21(19-9-5-11-31-19)22(28-29-24)20-10-6-12-32-20/h3-13,15H,1-2H3,(H,25,26,30). The van der Waals surface area contributed by atoms with E-state index in [9.17, 15) is 4.79 Å². The predicted octanol–water partition coefficient (Wildman–Crippen LogP) is 5.37. The summed E-state index contributed by atoms with van der Waals surface area (Å²) in [5.74, 6) is 0.895. The topological polar surface area (TPSA) is 107 Å². The van der Waals surface area contributed by atoms with Crippen molar-refractivity contribution in [3.63, 3.8) is 0 Å². The molecule has 0 saturated carbocycles. The van der Waals surface area contributed by atoms with Crippen molar-refractivity contribution in [1.82, 2.24) is 20.2 Å². The minimum absolute atomic E-state index is 0.172. The molecule has 4 heterocycles. The molecule has 4 aromatic heterocycles. The van der Waals surface area contributed by atoms with Crippen molar-refractivity contribution < 1.29 is 13.6 Å². The first-order chi connectivity index (χ1) is 16.1. The van der Waals surface area contributed by atoms with Crippen LogP contribution >= 0.6 is 11.8 Å². The van der Waals surface area contributed by atoms with E-state index < -0.39 is 5.25 Å². The average molecular weight is 458 g/mol. The maximum atomic E-state index is 13.0. The van der Waals surface area contributed by atoms with Crippen LogP contribution in [0.4, 0.5) is 5.69 Å². The van der Waals surface area contributed by atoms with Gasteiger partial charge >= 0.3 is 0 Å². The molecule has 0 saturated heterocycles. The molecular weight excluding hydrogens is 438 g/mol. The van der Waals surface area contributed by atoms with Gasteiger partial charge in [-0.05, 0) is 50.2 Å². The van der Waals surface area contributed by atoms with Gasteiger partial charge in [-0.15, -0.1) is 10.2 Å². The van der Waals surface area contributed by atoms with Crippen molar-refractivity contribution in [1.29, 1.82) is 0 Å².